The highest BCUT2D eigenvalue weighted by molar-refractivity contribution is 5.95. The van der Waals surface area contributed by atoms with Gasteiger partial charge >= 0.3 is 0 Å². The Bertz CT molecular complexity index is 453. The van der Waals surface area contributed by atoms with Gasteiger partial charge in [0.05, 0.1) is 5.56 Å². The van der Waals surface area contributed by atoms with E-state index < -0.39 is 5.82 Å². The molecule has 0 atom stereocenters. The van der Waals surface area contributed by atoms with Gasteiger partial charge in [0.25, 0.3) is 5.91 Å². The van der Waals surface area contributed by atoms with Crippen LogP contribution in [0.5, 0.6) is 0 Å². The van der Waals surface area contributed by atoms with Gasteiger partial charge in [0, 0.05) is 18.8 Å². The topological polar surface area (TPSA) is 38.3 Å². The van der Waals surface area contributed by atoms with Crippen molar-refractivity contribution in [1.29, 1.82) is 0 Å². The number of carbonyl (C=O) groups excluding carboxylic acids is 1. The van der Waals surface area contributed by atoms with Crippen molar-refractivity contribution in [3.63, 3.8) is 0 Å². The maximum absolute atomic E-state index is 13.6. The minimum Gasteiger partial charge on any atom is -0.381 e. The molecule has 1 heterocycles. The zero-order valence-electron chi connectivity index (χ0n) is 10.8. The molecule has 1 N–H and O–H groups in total. The van der Waals surface area contributed by atoms with Crippen molar-refractivity contribution in [2.24, 2.45) is 0 Å². The molecule has 1 aliphatic rings. The van der Waals surface area contributed by atoms with E-state index in [1.165, 1.54) is 6.07 Å². The van der Waals surface area contributed by atoms with Crippen molar-refractivity contribution in [3.8, 4) is 0 Å². The van der Waals surface area contributed by atoms with Crippen LogP contribution in [0.4, 0.5) is 4.39 Å². The van der Waals surface area contributed by atoms with E-state index in [2.05, 4.69) is 5.32 Å². The number of hydrogen-bond donors (Lipinski definition) is 1. The predicted octanol–water partition coefficient (Wildman–Crippen LogP) is 2.43. The fourth-order valence-corrected chi connectivity index (χ4v) is 2.10. The lowest BCUT2D eigenvalue weighted by Crippen LogP contribution is -2.49. The highest BCUT2D eigenvalue weighted by Crippen LogP contribution is 2.21. The normalized spacial score (nSPS) is 18.4. The Hall–Kier alpha value is -1.42. The summed E-state index contributed by atoms with van der Waals surface area (Å²) in [5.74, 6) is -0.825. The molecule has 3 nitrogen and oxygen atoms in total. The number of ether oxygens (including phenoxy) is 1. The first kappa shape index (κ1) is 13.0. The summed E-state index contributed by atoms with van der Waals surface area (Å²) in [7, 11) is 0. The van der Waals surface area contributed by atoms with Crippen LogP contribution >= 0.6 is 0 Å². The molecular weight excluding hydrogens is 233 g/mol. The summed E-state index contributed by atoms with van der Waals surface area (Å²) in [5.41, 5.74) is 0.687. The molecule has 4 heteroatoms. The van der Waals surface area contributed by atoms with Gasteiger partial charge in [0.15, 0.2) is 0 Å². The molecule has 0 aromatic heterocycles. The molecule has 2 rings (SSSR count). The first-order chi connectivity index (χ1) is 8.50. The minimum atomic E-state index is -0.478. The van der Waals surface area contributed by atoms with E-state index in [-0.39, 0.29) is 17.0 Å². The zero-order valence-corrected chi connectivity index (χ0v) is 10.8. The summed E-state index contributed by atoms with van der Waals surface area (Å²) < 4.78 is 18.9. The summed E-state index contributed by atoms with van der Waals surface area (Å²) in [6, 6.07) is 4.56. The molecule has 0 aliphatic carbocycles. The smallest absolute Gasteiger partial charge is 0.254 e. The quantitative estimate of drug-likeness (QED) is 0.876. The average Bonchev–Trinajstić information content (AvgIpc) is 2.32. The van der Waals surface area contributed by atoms with Crippen LogP contribution in [0.25, 0.3) is 0 Å². The number of amides is 1. The van der Waals surface area contributed by atoms with Gasteiger partial charge < -0.3 is 10.1 Å². The number of nitrogens with one attached hydrogen (secondary N) is 1. The van der Waals surface area contributed by atoms with Crippen LogP contribution < -0.4 is 5.32 Å². The Kier molecular flexibility index (Phi) is 3.66. The monoisotopic (exact) mass is 251 g/mol. The van der Waals surface area contributed by atoms with Crippen molar-refractivity contribution in [3.05, 3.63) is 35.1 Å². The van der Waals surface area contributed by atoms with Gasteiger partial charge in [0.1, 0.15) is 5.82 Å². The van der Waals surface area contributed by atoms with Gasteiger partial charge in [-0.25, -0.2) is 4.39 Å². The highest BCUT2D eigenvalue weighted by atomic mass is 19.1. The molecule has 1 aliphatic heterocycles. The second kappa shape index (κ2) is 5.06. The third-order valence-corrected chi connectivity index (χ3v) is 3.38. The summed E-state index contributed by atoms with van der Waals surface area (Å²) in [5, 5.41) is 2.92. The van der Waals surface area contributed by atoms with E-state index >= 15 is 0 Å². The largest absolute Gasteiger partial charge is 0.381 e. The standard InChI is InChI=1S/C14H18FNO2/c1-10-3-4-12(15)11(9-10)13(17)16-14(2)5-7-18-8-6-14/h3-4,9H,5-8H2,1-2H3,(H,16,17). The first-order valence-electron chi connectivity index (χ1n) is 6.17. The maximum Gasteiger partial charge on any atom is 0.254 e. The fraction of sp³-hybridized carbons (Fsp3) is 0.500. The molecule has 1 aromatic rings. The van der Waals surface area contributed by atoms with Crippen LogP contribution in [0.1, 0.15) is 35.7 Å². The first-order valence-corrected chi connectivity index (χ1v) is 6.17. The van der Waals surface area contributed by atoms with Gasteiger partial charge in [-0.3, -0.25) is 4.79 Å². The molecule has 1 fully saturated rings. The third kappa shape index (κ3) is 2.88. The predicted molar refractivity (Wildman–Crippen MR) is 67.1 cm³/mol. The number of aryl methyl sites for hydroxylation is 1. The van der Waals surface area contributed by atoms with E-state index in [9.17, 15) is 9.18 Å². The second-order valence-electron chi connectivity index (χ2n) is 5.11. The van der Waals surface area contributed by atoms with Gasteiger partial charge in [-0.2, -0.15) is 0 Å². The Balaban J connectivity index is 2.14. The summed E-state index contributed by atoms with van der Waals surface area (Å²) in [6.45, 7) is 5.08. The molecule has 0 bridgehead atoms. The van der Waals surface area contributed by atoms with E-state index in [4.69, 9.17) is 4.74 Å². The maximum atomic E-state index is 13.6. The van der Waals surface area contributed by atoms with Gasteiger partial charge in [-0.05, 0) is 38.8 Å². The van der Waals surface area contributed by atoms with Crippen molar-refractivity contribution < 1.29 is 13.9 Å². The number of rotatable bonds is 2. The lowest BCUT2D eigenvalue weighted by atomic mass is 9.92. The van der Waals surface area contributed by atoms with Crippen molar-refractivity contribution >= 4 is 5.91 Å². The Morgan fingerprint density at radius 3 is 2.72 bits per heavy atom. The molecule has 0 unspecified atom stereocenters. The molecule has 0 radical (unpaired) electrons. The van der Waals surface area contributed by atoms with Crippen LogP contribution in [-0.2, 0) is 4.74 Å². The number of hydrogen-bond acceptors (Lipinski definition) is 2. The Labute approximate surface area is 106 Å². The van der Waals surface area contributed by atoms with E-state index in [1.54, 1.807) is 12.1 Å². The zero-order chi connectivity index (χ0) is 13.2. The lowest BCUT2D eigenvalue weighted by molar-refractivity contribution is 0.0421. The van der Waals surface area contributed by atoms with E-state index in [0.29, 0.717) is 13.2 Å². The Morgan fingerprint density at radius 1 is 1.39 bits per heavy atom. The summed E-state index contributed by atoms with van der Waals surface area (Å²) in [6.07, 6.45) is 1.51. The molecular formula is C14H18FNO2. The fourth-order valence-electron chi connectivity index (χ4n) is 2.10. The van der Waals surface area contributed by atoms with Crippen molar-refractivity contribution in [2.75, 3.05) is 13.2 Å². The number of benzene rings is 1. The molecule has 1 saturated heterocycles. The van der Waals surface area contributed by atoms with Crippen molar-refractivity contribution in [2.45, 2.75) is 32.2 Å². The molecule has 98 valence electrons. The molecule has 18 heavy (non-hydrogen) atoms. The molecule has 1 amide bonds. The molecule has 0 saturated carbocycles. The SMILES string of the molecule is Cc1ccc(F)c(C(=O)NC2(C)CCOCC2)c1. The lowest BCUT2D eigenvalue weighted by Gasteiger charge is -2.34. The summed E-state index contributed by atoms with van der Waals surface area (Å²) >= 11 is 0. The minimum absolute atomic E-state index is 0.114. The highest BCUT2D eigenvalue weighted by Gasteiger charge is 2.29. The van der Waals surface area contributed by atoms with Crippen LogP contribution in [0.15, 0.2) is 18.2 Å². The van der Waals surface area contributed by atoms with Crippen LogP contribution in [0.2, 0.25) is 0 Å². The molecule has 0 spiro atoms. The molecule has 1 aromatic carbocycles. The van der Waals surface area contributed by atoms with E-state index in [0.717, 1.165) is 18.4 Å². The second-order valence-corrected chi connectivity index (χ2v) is 5.11. The van der Waals surface area contributed by atoms with Crippen LogP contribution in [-0.4, -0.2) is 24.7 Å². The Morgan fingerprint density at radius 2 is 2.06 bits per heavy atom. The van der Waals surface area contributed by atoms with Crippen molar-refractivity contribution in [1.82, 2.24) is 5.32 Å². The van der Waals surface area contributed by atoms with Gasteiger partial charge in [0.2, 0.25) is 0 Å². The number of halogens is 1. The summed E-state index contributed by atoms with van der Waals surface area (Å²) in [4.78, 5) is 12.1. The number of carbonyl (C=O) groups is 1. The van der Waals surface area contributed by atoms with Crippen LogP contribution in [0, 0.1) is 12.7 Å². The third-order valence-electron chi connectivity index (χ3n) is 3.38. The average molecular weight is 251 g/mol. The van der Waals surface area contributed by atoms with Gasteiger partial charge in [-0.15, -0.1) is 0 Å². The van der Waals surface area contributed by atoms with Gasteiger partial charge in [-0.1, -0.05) is 11.6 Å². The van der Waals surface area contributed by atoms with E-state index in [1.807, 2.05) is 13.8 Å². The van der Waals surface area contributed by atoms with Crippen LogP contribution in [0.3, 0.4) is 0 Å².